The average Bonchev–Trinajstić information content (AvgIpc) is 2.38. The first-order chi connectivity index (χ1) is 9.98. The van der Waals surface area contributed by atoms with Crippen molar-refractivity contribution in [3.8, 4) is 0 Å². The van der Waals surface area contributed by atoms with Crippen molar-refractivity contribution in [1.82, 2.24) is 4.90 Å². The topological polar surface area (TPSA) is 3.24 Å². The van der Waals surface area contributed by atoms with Gasteiger partial charge in [-0.05, 0) is 38.8 Å². The summed E-state index contributed by atoms with van der Waals surface area (Å²) < 4.78 is 0. The van der Waals surface area contributed by atoms with Crippen LogP contribution >= 0.6 is 0 Å². The van der Waals surface area contributed by atoms with Gasteiger partial charge in [0.1, 0.15) is 0 Å². The van der Waals surface area contributed by atoms with E-state index in [0.29, 0.717) is 5.41 Å². The van der Waals surface area contributed by atoms with Crippen LogP contribution in [0.3, 0.4) is 0 Å². The second-order valence-corrected chi connectivity index (χ2v) is 7.69. The Balaban J connectivity index is 3.36. The van der Waals surface area contributed by atoms with Crippen molar-refractivity contribution in [3.05, 3.63) is 12.2 Å². The fraction of sp³-hybridized carbons (Fsp3) is 0.900. The molecule has 0 N–H and O–H groups in total. The fourth-order valence-electron chi connectivity index (χ4n) is 3.01. The van der Waals surface area contributed by atoms with E-state index in [9.17, 15) is 0 Å². The first-order valence-corrected chi connectivity index (χ1v) is 9.27. The first-order valence-electron chi connectivity index (χ1n) is 9.27. The summed E-state index contributed by atoms with van der Waals surface area (Å²) in [6, 6.07) is 0. The highest BCUT2D eigenvalue weighted by atomic mass is 15.1. The van der Waals surface area contributed by atoms with Gasteiger partial charge in [-0.2, -0.15) is 0 Å². The molecule has 0 heterocycles. The summed E-state index contributed by atoms with van der Waals surface area (Å²) in [5.74, 6) is 0. The summed E-state index contributed by atoms with van der Waals surface area (Å²) in [4.78, 5) is 2.29. The molecule has 1 heteroatoms. The van der Waals surface area contributed by atoms with Gasteiger partial charge in [-0.3, -0.25) is 0 Å². The maximum Gasteiger partial charge on any atom is 0.00295 e. The minimum Gasteiger partial charge on any atom is -0.309 e. The third-order valence-corrected chi connectivity index (χ3v) is 4.06. The Morgan fingerprint density at radius 1 is 0.762 bits per heavy atom. The Labute approximate surface area is 135 Å². The van der Waals surface area contributed by atoms with E-state index in [0.717, 1.165) is 6.54 Å². The molecule has 0 bridgehead atoms. The van der Waals surface area contributed by atoms with E-state index in [1.807, 2.05) is 0 Å². The van der Waals surface area contributed by atoms with Gasteiger partial charge >= 0.3 is 0 Å². The highest BCUT2D eigenvalue weighted by Crippen LogP contribution is 2.21. The van der Waals surface area contributed by atoms with Gasteiger partial charge in [0.15, 0.2) is 0 Å². The second kappa shape index (κ2) is 13.4. The summed E-state index contributed by atoms with van der Waals surface area (Å²) >= 11 is 0. The number of nitrogens with zero attached hydrogens (tertiary/aromatic N) is 1. The summed E-state index contributed by atoms with van der Waals surface area (Å²) in [5, 5.41) is 0. The molecule has 0 atom stereocenters. The first kappa shape index (κ1) is 20.7. The fourth-order valence-corrected chi connectivity index (χ4v) is 3.01. The molecule has 0 aliphatic heterocycles. The zero-order chi connectivity index (χ0) is 16.0. The van der Waals surface area contributed by atoms with Crippen LogP contribution in [0.4, 0.5) is 0 Å². The molecule has 0 spiro atoms. The maximum absolute atomic E-state index is 2.40. The Bertz CT molecular complexity index is 240. The molecule has 0 radical (unpaired) electrons. The van der Waals surface area contributed by atoms with Crippen LogP contribution in [0, 0.1) is 5.41 Å². The highest BCUT2D eigenvalue weighted by molar-refractivity contribution is 4.88. The van der Waals surface area contributed by atoms with E-state index >= 15 is 0 Å². The lowest BCUT2D eigenvalue weighted by Gasteiger charge is -2.26. The Morgan fingerprint density at radius 2 is 1.29 bits per heavy atom. The Kier molecular flexibility index (Phi) is 13.2. The van der Waals surface area contributed by atoms with Crippen LogP contribution in [-0.2, 0) is 0 Å². The van der Waals surface area contributed by atoms with Gasteiger partial charge < -0.3 is 4.90 Å². The molecule has 0 fully saturated rings. The average molecular weight is 296 g/mol. The van der Waals surface area contributed by atoms with Crippen LogP contribution < -0.4 is 0 Å². The predicted molar refractivity (Wildman–Crippen MR) is 97.9 cm³/mol. The minimum atomic E-state index is 0.401. The number of unbranched alkanes of at least 4 members (excludes halogenated alkanes) is 9. The molecular weight excluding hydrogens is 254 g/mol. The third-order valence-electron chi connectivity index (χ3n) is 4.06. The summed E-state index contributed by atoms with van der Waals surface area (Å²) in [6.07, 6.45) is 20.1. The zero-order valence-corrected chi connectivity index (χ0v) is 15.6. The standard InChI is InChI=1S/C20H41N/c1-6-7-8-9-10-11-12-13-14-15-16-17-18-20(2,3)19-21(4)5/h16-17H,6-15,18-19H2,1-5H3. The van der Waals surface area contributed by atoms with Gasteiger partial charge in [-0.1, -0.05) is 84.3 Å². The molecule has 0 unspecified atom stereocenters. The van der Waals surface area contributed by atoms with E-state index in [2.05, 4.69) is 51.9 Å². The van der Waals surface area contributed by atoms with Crippen LogP contribution in [0.25, 0.3) is 0 Å². The predicted octanol–water partition coefficient (Wildman–Crippen LogP) is 6.44. The summed E-state index contributed by atoms with van der Waals surface area (Å²) in [5.41, 5.74) is 0.401. The molecule has 0 saturated heterocycles. The van der Waals surface area contributed by atoms with Crippen LogP contribution in [0.15, 0.2) is 12.2 Å². The number of allylic oxidation sites excluding steroid dienone is 2. The lowest BCUT2D eigenvalue weighted by molar-refractivity contribution is 0.243. The maximum atomic E-state index is 2.40. The number of hydrogen-bond donors (Lipinski definition) is 0. The quantitative estimate of drug-likeness (QED) is 0.263. The molecule has 126 valence electrons. The van der Waals surface area contributed by atoms with Crippen molar-refractivity contribution in [2.45, 2.75) is 91.4 Å². The lowest BCUT2D eigenvalue weighted by atomic mass is 9.88. The minimum absolute atomic E-state index is 0.401. The molecule has 0 aliphatic rings. The van der Waals surface area contributed by atoms with E-state index in [-0.39, 0.29) is 0 Å². The van der Waals surface area contributed by atoms with Crippen molar-refractivity contribution >= 4 is 0 Å². The van der Waals surface area contributed by atoms with Crippen molar-refractivity contribution in [3.63, 3.8) is 0 Å². The number of rotatable bonds is 14. The SMILES string of the molecule is CCCCCCCCCCCC=CCC(C)(C)CN(C)C. The third kappa shape index (κ3) is 15.9. The molecule has 0 amide bonds. The molecule has 0 saturated carbocycles. The smallest absolute Gasteiger partial charge is 0.00295 e. The largest absolute Gasteiger partial charge is 0.309 e. The van der Waals surface area contributed by atoms with Crippen molar-refractivity contribution < 1.29 is 0 Å². The molecule has 1 nitrogen and oxygen atoms in total. The number of hydrogen-bond acceptors (Lipinski definition) is 1. The lowest BCUT2D eigenvalue weighted by Crippen LogP contribution is -2.27. The molecule has 0 aromatic rings. The van der Waals surface area contributed by atoms with Crippen molar-refractivity contribution in [2.24, 2.45) is 5.41 Å². The van der Waals surface area contributed by atoms with E-state index in [4.69, 9.17) is 0 Å². The summed E-state index contributed by atoms with van der Waals surface area (Å²) in [6.45, 7) is 8.16. The van der Waals surface area contributed by atoms with E-state index in [1.165, 1.54) is 70.6 Å². The Morgan fingerprint density at radius 3 is 1.81 bits per heavy atom. The Hall–Kier alpha value is -0.300. The monoisotopic (exact) mass is 295 g/mol. The molecular formula is C20H41N. The molecule has 0 aromatic heterocycles. The van der Waals surface area contributed by atoms with Gasteiger partial charge in [-0.25, -0.2) is 0 Å². The zero-order valence-electron chi connectivity index (χ0n) is 15.6. The van der Waals surface area contributed by atoms with Crippen LogP contribution in [0.1, 0.15) is 91.4 Å². The van der Waals surface area contributed by atoms with E-state index < -0.39 is 0 Å². The van der Waals surface area contributed by atoms with Crippen LogP contribution in [0.2, 0.25) is 0 Å². The van der Waals surface area contributed by atoms with Gasteiger partial charge in [0.2, 0.25) is 0 Å². The summed E-state index contributed by atoms with van der Waals surface area (Å²) in [7, 11) is 4.32. The van der Waals surface area contributed by atoms with Gasteiger partial charge in [0.05, 0.1) is 0 Å². The van der Waals surface area contributed by atoms with E-state index in [1.54, 1.807) is 0 Å². The van der Waals surface area contributed by atoms with Crippen LogP contribution in [-0.4, -0.2) is 25.5 Å². The van der Waals surface area contributed by atoms with Gasteiger partial charge in [-0.15, -0.1) is 0 Å². The molecule has 0 rings (SSSR count). The van der Waals surface area contributed by atoms with Gasteiger partial charge in [0.25, 0.3) is 0 Å². The molecule has 21 heavy (non-hydrogen) atoms. The highest BCUT2D eigenvalue weighted by Gasteiger charge is 2.16. The van der Waals surface area contributed by atoms with Gasteiger partial charge in [0, 0.05) is 6.54 Å². The van der Waals surface area contributed by atoms with Crippen LogP contribution in [0.5, 0.6) is 0 Å². The molecule has 0 aliphatic carbocycles. The van der Waals surface area contributed by atoms with Crippen molar-refractivity contribution in [2.75, 3.05) is 20.6 Å². The molecule has 0 aromatic carbocycles. The van der Waals surface area contributed by atoms with Crippen molar-refractivity contribution in [1.29, 1.82) is 0 Å². The normalized spacial score (nSPS) is 12.7. The second-order valence-electron chi connectivity index (χ2n) is 7.69.